The van der Waals surface area contributed by atoms with Crippen molar-refractivity contribution in [2.75, 3.05) is 0 Å². The van der Waals surface area contributed by atoms with Gasteiger partial charge in [0.25, 0.3) is 0 Å². The van der Waals surface area contributed by atoms with E-state index in [1.165, 1.54) is 52.5 Å². The van der Waals surface area contributed by atoms with Crippen LogP contribution in [0.3, 0.4) is 0 Å². The van der Waals surface area contributed by atoms with Gasteiger partial charge < -0.3 is 4.42 Å². The first-order valence-electron chi connectivity index (χ1n) is 15.8. The molecule has 0 bridgehead atoms. The molecule has 47 heavy (non-hydrogen) atoms. The molecule has 0 radical (unpaired) electrons. The van der Waals surface area contributed by atoms with E-state index in [9.17, 15) is 0 Å². The van der Waals surface area contributed by atoms with Crippen LogP contribution >= 0.6 is 11.3 Å². The lowest BCUT2D eigenvalue weighted by Gasteiger charge is -2.11. The summed E-state index contributed by atoms with van der Waals surface area (Å²) >= 11 is 1.84. The summed E-state index contributed by atoms with van der Waals surface area (Å²) < 4.78 is 11.3. The van der Waals surface area contributed by atoms with E-state index in [1.54, 1.807) is 0 Å². The minimum atomic E-state index is 0.583. The van der Waals surface area contributed by atoms with E-state index < -0.39 is 0 Å². The number of aromatic nitrogens is 3. The van der Waals surface area contributed by atoms with Crippen molar-refractivity contribution in [3.8, 4) is 17.2 Å². The maximum Gasteiger partial charge on any atom is 0.238 e. The van der Waals surface area contributed by atoms with Crippen LogP contribution in [-0.4, -0.2) is 14.5 Å². The predicted octanol–water partition coefficient (Wildman–Crippen LogP) is 11.8. The third-order valence-electron chi connectivity index (χ3n) is 9.61. The van der Waals surface area contributed by atoms with Crippen molar-refractivity contribution >= 4 is 96.9 Å². The van der Waals surface area contributed by atoms with Gasteiger partial charge in [0, 0.05) is 37.2 Å². The van der Waals surface area contributed by atoms with Gasteiger partial charge in [-0.05, 0) is 39.7 Å². The van der Waals surface area contributed by atoms with Crippen LogP contribution in [0.1, 0.15) is 0 Å². The number of nitrogens with zero attached hydrogens (tertiary/aromatic N) is 3. The van der Waals surface area contributed by atoms with Gasteiger partial charge in [0.1, 0.15) is 5.58 Å². The molecule has 0 atom stereocenters. The first-order chi connectivity index (χ1) is 23.3. The number of rotatable bonds is 2. The molecule has 0 unspecified atom stereocenters. The zero-order valence-corrected chi connectivity index (χ0v) is 25.8. The fraction of sp³-hybridized carbons (Fsp3) is 0. The van der Waals surface area contributed by atoms with Crippen molar-refractivity contribution in [2.45, 2.75) is 0 Å². The van der Waals surface area contributed by atoms with Crippen LogP contribution in [0.5, 0.6) is 0 Å². The molecule has 0 fully saturated rings. The Balaban J connectivity index is 1.42. The van der Waals surface area contributed by atoms with E-state index >= 15 is 0 Å². The van der Waals surface area contributed by atoms with Gasteiger partial charge in [-0.2, -0.15) is 4.98 Å². The van der Waals surface area contributed by atoms with Crippen molar-refractivity contribution in [2.24, 2.45) is 0 Å². The average Bonchev–Trinajstić information content (AvgIpc) is 3.82. The van der Waals surface area contributed by atoms with Crippen LogP contribution in [0.2, 0.25) is 0 Å². The molecular weight excluding hydrogens is 595 g/mol. The van der Waals surface area contributed by atoms with Crippen LogP contribution < -0.4 is 0 Å². The fourth-order valence-corrected chi connectivity index (χ4v) is 8.92. The molecule has 0 spiro atoms. The highest BCUT2D eigenvalue weighted by Crippen LogP contribution is 2.49. The summed E-state index contributed by atoms with van der Waals surface area (Å²) in [5.41, 5.74) is 5.47. The lowest BCUT2D eigenvalue weighted by atomic mass is 9.97. The minimum absolute atomic E-state index is 0.583. The van der Waals surface area contributed by atoms with Crippen molar-refractivity contribution in [1.29, 1.82) is 0 Å². The summed E-state index contributed by atoms with van der Waals surface area (Å²) in [6.45, 7) is 0. The third kappa shape index (κ3) is 3.36. The molecule has 218 valence electrons. The molecular formula is C42H23N3OS. The highest BCUT2D eigenvalue weighted by Gasteiger charge is 2.26. The minimum Gasteiger partial charge on any atom is -0.437 e. The smallest absolute Gasteiger partial charge is 0.238 e. The lowest BCUT2D eigenvalue weighted by molar-refractivity contribution is 0.651. The second kappa shape index (κ2) is 9.25. The Morgan fingerprint density at radius 3 is 2.04 bits per heavy atom. The predicted molar refractivity (Wildman–Crippen MR) is 197 cm³/mol. The van der Waals surface area contributed by atoms with Gasteiger partial charge in [0.05, 0.1) is 26.8 Å². The fourth-order valence-electron chi connectivity index (χ4n) is 7.66. The number of furan rings is 1. The highest BCUT2D eigenvalue weighted by atomic mass is 32.1. The van der Waals surface area contributed by atoms with E-state index in [1.807, 2.05) is 35.6 Å². The molecule has 0 N–H and O–H groups in total. The molecule has 11 aromatic rings. The van der Waals surface area contributed by atoms with Crippen molar-refractivity contribution in [1.82, 2.24) is 14.5 Å². The van der Waals surface area contributed by atoms with Gasteiger partial charge in [-0.25, -0.2) is 4.98 Å². The van der Waals surface area contributed by atoms with Gasteiger partial charge in [0.15, 0.2) is 0 Å². The normalized spacial score (nSPS) is 12.3. The first-order valence-corrected chi connectivity index (χ1v) is 16.6. The second-order valence-electron chi connectivity index (χ2n) is 12.1. The zero-order valence-electron chi connectivity index (χ0n) is 24.9. The summed E-state index contributed by atoms with van der Waals surface area (Å²) in [7, 11) is 0. The Labute approximate surface area is 271 Å². The van der Waals surface area contributed by atoms with E-state index in [4.69, 9.17) is 14.4 Å². The zero-order chi connectivity index (χ0) is 30.6. The molecule has 0 aliphatic heterocycles. The van der Waals surface area contributed by atoms with E-state index in [-0.39, 0.29) is 0 Å². The Bertz CT molecular complexity index is 3080. The van der Waals surface area contributed by atoms with Crippen LogP contribution in [0.25, 0.3) is 103 Å². The number of fused-ring (bicyclic) bond motifs is 15. The molecule has 4 aromatic heterocycles. The van der Waals surface area contributed by atoms with Crippen molar-refractivity contribution in [3.05, 3.63) is 140 Å². The van der Waals surface area contributed by atoms with Gasteiger partial charge in [0.2, 0.25) is 11.7 Å². The third-order valence-corrected chi connectivity index (χ3v) is 10.8. The Hall–Kier alpha value is -6.04. The molecule has 0 saturated carbocycles. The maximum atomic E-state index is 6.49. The molecule has 0 aliphatic rings. The summed E-state index contributed by atoms with van der Waals surface area (Å²) in [6.07, 6.45) is 0. The van der Waals surface area contributed by atoms with E-state index in [0.717, 1.165) is 38.6 Å². The molecule has 4 heterocycles. The Kier molecular flexibility index (Phi) is 4.96. The van der Waals surface area contributed by atoms with Crippen molar-refractivity contribution < 1.29 is 4.42 Å². The number of thiophene rings is 1. The van der Waals surface area contributed by atoms with Crippen LogP contribution in [0.4, 0.5) is 0 Å². The lowest BCUT2D eigenvalue weighted by Crippen LogP contribution is -2.03. The monoisotopic (exact) mass is 617 g/mol. The maximum absolute atomic E-state index is 6.49. The van der Waals surface area contributed by atoms with Crippen LogP contribution in [0, 0.1) is 0 Å². The Morgan fingerprint density at radius 2 is 1.19 bits per heavy atom. The van der Waals surface area contributed by atoms with Gasteiger partial charge in [-0.3, -0.25) is 4.57 Å². The van der Waals surface area contributed by atoms with Crippen molar-refractivity contribution in [3.63, 3.8) is 0 Å². The van der Waals surface area contributed by atoms with E-state index in [2.05, 4.69) is 120 Å². The number of hydrogen-bond acceptors (Lipinski definition) is 4. The largest absolute Gasteiger partial charge is 0.437 e. The van der Waals surface area contributed by atoms with Crippen LogP contribution in [-0.2, 0) is 0 Å². The molecule has 11 rings (SSSR count). The number of para-hydroxylation sites is 1. The number of hydrogen-bond donors (Lipinski definition) is 0. The van der Waals surface area contributed by atoms with Gasteiger partial charge in [-0.1, -0.05) is 121 Å². The quantitative estimate of drug-likeness (QED) is 0.194. The molecule has 5 heteroatoms. The molecule has 0 aliphatic carbocycles. The summed E-state index contributed by atoms with van der Waals surface area (Å²) in [4.78, 5) is 10.7. The summed E-state index contributed by atoms with van der Waals surface area (Å²) in [5, 5.41) is 11.8. The topological polar surface area (TPSA) is 43.9 Å². The van der Waals surface area contributed by atoms with Crippen LogP contribution in [0.15, 0.2) is 144 Å². The van der Waals surface area contributed by atoms with E-state index in [0.29, 0.717) is 11.7 Å². The Morgan fingerprint density at radius 1 is 0.511 bits per heavy atom. The molecule has 7 aromatic carbocycles. The average molecular weight is 618 g/mol. The molecule has 4 nitrogen and oxygen atoms in total. The van der Waals surface area contributed by atoms with Gasteiger partial charge >= 0.3 is 0 Å². The molecule has 0 amide bonds. The highest BCUT2D eigenvalue weighted by molar-refractivity contribution is 7.27. The first kappa shape index (κ1) is 25.2. The standard InChI is InChI=1S/C42H23N3OS/c1-2-13-25(14-3-1)38-37-29-18-8-10-20-32(29)46-41(37)44-42(43-38)45-31-23-22-24-12-4-5-15-26(24)35(31)36-28-17-7-6-16-27(28)34-30-19-9-11-21-33(30)47-40(34)39(36)45/h1-23H. The van der Waals surface area contributed by atoms with Gasteiger partial charge in [-0.15, -0.1) is 11.3 Å². The summed E-state index contributed by atoms with van der Waals surface area (Å²) in [6, 6.07) is 49.3. The second-order valence-corrected chi connectivity index (χ2v) is 13.2. The number of benzene rings is 7. The molecule has 0 saturated heterocycles. The SMILES string of the molecule is c1ccc(-c2nc(-n3c4ccc5ccccc5c4c4c5ccccc5c5c6ccccc6sc5c43)nc3oc4ccccc4c23)cc1. The summed E-state index contributed by atoms with van der Waals surface area (Å²) in [5.74, 6) is 0.597.